The topological polar surface area (TPSA) is 108 Å². The maximum atomic E-state index is 13.5. The van der Waals surface area contributed by atoms with E-state index < -0.39 is 11.2 Å². The molecule has 0 amide bonds. The van der Waals surface area contributed by atoms with Gasteiger partial charge in [0.05, 0.1) is 49.5 Å². The van der Waals surface area contributed by atoms with Gasteiger partial charge in [-0.1, -0.05) is 29.8 Å². The molecule has 348 valence electrons. The van der Waals surface area contributed by atoms with Crippen LogP contribution in [0.4, 0.5) is 0 Å². The van der Waals surface area contributed by atoms with Crippen molar-refractivity contribution in [1.82, 2.24) is 10.2 Å². The van der Waals surface area contributed by atoms with Crippen LogP contribution in [-0.2, 0) is 19.1 Å². The standard InChI is InChI=1S/C26H43NO3.C21H33BrO2.C5H11NO/c1-17-16-30-13-12-27(17)15-24(28)23-7-6-22-21-5-4-18-14-25(2,29)10-8-19(18)20(21)9-11-26(22,23)3;1-20(24)9-7-14-13(11-20)3-4-16-15(14)8-10-21(2)17(16)5-6-18(21)19(23)12-22;1-5-4-7-3-2-6-5/h17-23,29H,4-16H2,1-3H3;13-18,24H,3-12H2,1-2H3;5-6H,2-4H2,1H3/t17-,18-,19+,20-,21-,22+,23-,25-,26+;13-,14+,15-,16-,17+,18-,20-,21+;5-/m111/s1. The number of rotatable bonds is 5. The highest BCUT2D eigenvalue weighted by atomic mass is 79.9. The second-order valence-corrected chi connectivity index (χ2v) is 24.7. The average molecular weight is 916 g/mol. The summed E-state index contributed by atoms with van der Waals surface area (Å²) in [5.41, 5.74) is -0.365. The molecule has 2 aliphatic heterocycles. The molecule has 0 unspecified atom stereocenters. The Labute approximate surface area is 379 Å². The lowest BCUT2D eigenvalue weighted by molar-refractivity contribution is -0.135. The zero-order valence-corrected chi connectivity index (χ0v) is 40.9. The molecule has 0 bridgehead atoms. The van der Waals surface area contributed by atoms with Crippen LogP contribution >= 0.6 is 15.9 Å². The fraction of sp³-hybridized carbons (Fsp3) is 0.962. The van der Waals surface area contributed by atoms with Gasteiger partial charge in [-0.25, -0.2) is 0 Å². The molecule has 2 saturated heterocycles. The van der Waals surface area contributed by atoms with E-state index in [1.807, 2.05) is 6.92 Å². The molecule has 8 saturated carbocycles. The number of aliphatic hydroxyl groups is 2. The van der Waals surface area contributed by atoms with E-state index in [4.69, 9.17) is 9.47 Å². The van der Waals surface area contributed by atoms with Crippen molar-refractivity contribution in [3.05, 3.63) is 0 Å². The second kappa shape index (κ2) is 19.1. The van der Waals surface area contributed by atoms with Gasteiger partial charge >= 0.3 is 0 Å². The molecule has 0 aromatic rings. The monoisotopic (exact) mass is 915 g/mol. The van der Waals surface area contributed by atoms with Crippen LogP contribution < -0.4 is 5.32 Å². The Kier molecular flexibility index (Phi) is 14.7. The number of carbonyl (C=O) groups excluding carboxylic acids is 2. The largest absolute Gasteiger partial charge is 0.390 e. The number of Topliss-reactive ketones (excluding diaryl/α,β-unsaturated/α-hetero) is 2. The fourth-order valence-corrected chi connectivity index (χ4v) is 17.7. The van der Waals surface area contributed by atoms with E-state index in [2.05, 4.69) is 60.8 Å². The molecule has 8 aliphatic carbocycles. The zero-order valence-electron chi connectivity index (χ0n) is 39.3. The molecule has 10 fully saturated rings. The summed E-state index contributed by atoms with van der Waals surface area (Å²) in [6.45, 7) is 19.1. The number of carbonyl (C=O) groups is 2. The van der Waals surface area contributed by atoms with Crippen molar-refractivity contribution < 1.29 is 29.3 Å². The number of hydrogen-bond acceptors (Lipinski definition) is 8. The lowest BCUT2D eigenvalue weighted by Crippen LogP contribution is -2.52. The molecule has 9 heteroatoms. The molecular weight excluding hydrogens is 828 g/mol. The first-order valence-corrected chi connectivity index (χ1v) is 26.8. The van der Waals surface area contributed by atoms with Crippen LogP contribution in [-0.4, -0.2) is 101 Å². The summed E-state index contributed by atoms with van der Waals surface area (Å²) >= 11 is 3.42. The number of halogens is 1. The average Bonchev–Trinajstić information content (AvgIpc) is 3.78. The molecule has 0 spiro atoms. The SMILES string of the molecule is C[C@@H]1COCCN1.C[C@@H]1COCCN1CC(=O)[C@H]1CC[C@H]2[C@@H]3CC[C@@H]4C[C@](C)(O)CC[C@@H]4[C@H]3CC[C@]12C.C[C@@]1(O)CC[C@H]2[C@H](CC[C@@H]3[C@@H]2CC[C@]2(C)[C@@H](C(=O)CBr)CC[C@@H]32)C1. The maximum Gasteiger partial charge on any atom is 0.150 e. The number of ether oxygens (including phenoxy) is 2. The van der Waals surface area contributed by atoms with Crippen molar-refractivity contribution in [3.63, 3.8) is 0 Å². The number of nitrogens with zero attached hydrogens (tertiary/aromatic N) is 1. The van der Waals surface area contributed by atoms with Crippen LogP contribution in [0.2, 0.25) is 0 Å². The van der Waals surface area contributed by atoms with Crippen molar-refractivity contribution in [2.75, 3.05) is 51.4 Å². The Balaban J connectivity index is 0.000000148. The van der Waals surface area contributed by atoms with Crippen LogP contribution in [0.1, 0.15) is 157 Å². The summed E-state index contributed by atoms with van der Waals surface area (Å²) < 4.78 is 10.7. The summed E-state index contributed by atoms with van der Waals surface area (Å²) in [5, 5.41) is 24.9. The van der Waals surface area contributed by atoms with E-state index in [-0.39, 0.29) is 16.7 Å². The van der Waals surface area contributed by atoms with Gasteiger partial charge in [0.15, 0.2) is 0 Å². The first-order valence-electron chi connectivity index (χ1n) is 25.7. The molecule has 8 nitrogen and oxygen atoms in total. The number of fused-ring (bicyclic) bond motifs is 10. The highest BCUT2D eigenvalue weighted by Gasteiger charge is 2.60. The quantitative estimate of drug-likeness (QED) is 0.235. The van der Waals surface area contributed by atoms with Gasteiger partial charge in [0.25, 0.3) is 0 Å². The highest BCUT2D eigenvalue weighted by molar-refractivity contribution is 9.09. The third kappa shape index (κ3) is 9.72. The summed E-state index contributed by atoms with van der Waals surface area (Å²) in [6.07, 6.45) is 21.7. The summed E-state index contributed by atoms with van der Waals surface area (Å²) in [5.74, 6) is 9.60. The van der Waals surface area contributed by atoms with Gasteiger partial charge < -0.3 is 25.0 Å². The molecule has 10 aliphatic rings. The van der Waals surface area contributed by atoms with Crippen LogP contribution in [0.5, 0.6) is 0 Å². The van der Waals surface area contributed by atoms with Gasteiger partial charge in [-0.2, -0.15) is 0 Å². The molecular formula is C52H87BrN2O6. The zero-order chi connectivity index (χ0) is 43.3. The second-order valence-electron chi connectivity index (χ2n) is 24.1. The van der Waals surface area contributed by atoms with Crippen molar-refractivity contribution >= 4 is 27.5 Å². The Morgan fingerprint density at radius 2 is 1.13 bits per heavy atom. The van der Waals surface area contributed by atoms with E-state index in [9.17, 15) is 19.8 Å². The van der Waals surface area contributed by atoms with Crippen molar-refractivity contribution in [2.24, 2.45) is 81.8 Å². The molecule has 3 N–H and O–H groups in total. The normalized spacial score (nSPS) is 50.4. The van der Waals surface area contributed by atoms with Gasteiger partial charge in [-0.05, 0) is 213 Å². The van der Waals surface area contributed by atoms with Gasteiger partial charge in [0, 0.05) is 37.0 Å². The minimum atomic E-state index is -0.432. The van der Waals surface area contributed by atoms with Crippen LogP contribution in [0.25, 0.3) is 0 Å². The van der Waals surface area contributed by atoms with Crippen molar-refractivity contribution in [3.8, 4) is 0 Å². The number of nitrogens with one attached hydrogen (secondary N) is 1. The molecule has 10 rings (SSSR count). The minimum Gasteiger partial charge on any atom is -0.390 e. The number of ketones is 2. The predicted molar refractivity (Wildman–Crippen MR) is 246 cm³/mol. The molecule has 61 heavy (non-hydrogen) atoms. The Bertz CT molecular complexity index is 1520. The molecule has 2 heterocycles. The van der Waals surface area contributed by atoms with Crippen molar-refractivity contribution in [2.45, 2.75) is 180 Å². The van der Waals surface area contributed by atoms with Gasteiger partial charge in [0.2, 0.25) is 0 Å². The van der Waals surface area contributed by atoms with E-state index in [0.717, 1.165) is 137 Å². The van der Waals surface area contributed by atoms with Crippen LogP contribution in [0.3, 0.4) is 0 Å². The maximum absolute atomic E-state index is 13.5. The predicted octanol–water partition coefficient (Wildman–Crippen LogP) is 9.26. The smallest absolute Gasteiger partial charge is 0.150 e. The van der Waals surface area contributed by atoms with Gasteiger partial charge in [0.1, 0.15) is 11.6 Å². The third-order valence-corrected chi connectivity index (χ3v) is 20.9. The first kappa shape index (κ1) is 47.1. The van der Waals surface area contributed by atoms with Crippen LogP contribution in [0, 0.1) is 81.8 Å². The summed E-state index contributed by atoms with van der Waals surface area (Å²) in [7, 11) is 0. The number of morpholine rings is 2. The molecule has 18 atom stereocenters. The minimum absolute atomic E-state index is 0.223. The Morgan fingerprint density at radius 1 is 0.623 bits per heavy atom. The fourth-order valence-electron chi connectivity index (χ4n) is 17.3. The molecule has 0 aromatic carbocycles. The van der Waals surface area contributed by atoms with E-state index >= 15 is 0 Å². The lowest BCUT2D eigenvalue weighted by Gasteiger charge is -2.57. The van der Waals surface area contributed by atoms with Crippen molar-refractivity contribution in [1.29, 1.82) is 0 Å². The highest BCUT2D eigenvalue weighted by Crippen LogP contribution is 2.66. The van der Waals surface area contributed by atoms with Gasteiger partial charge in [-0.3, -0.25) is 14.5 Å². The Morgan fingerprint density at radius 3 is 1.59 bits per heavy atom. The number of alkyl halides is 1. The molecule has 0 radical (unpaired) electrons. The molecule has 0 aromatic heterocycles. The van der Waals surface area contributed by atoms with E-state index in [1.165, 1.54) is 77.0 Å². The van der Waals surface area contributed by atoms with E-state index in [1.54, 1.807) is 0 Å². The third-order valence-electron chi connectivity index (χ3n) is 20.4. The van der Waals surface area contributed by atoms with Gasteiger partial charge in [-0.15, -0.1) is 0 Å². The summed E-state index contributed by atoms with van der Waals surface area (Å²) in [4.78, 5) is 28.3. The first-order chi connectivity index (χ1) is 29.0. The van der Waals surface area contributed by atoms with Crippen LogP contribution in [0.15, 0.2) is 0 Å². The van der Waals surface area contributed by atoms with E-state index in [0.29, 0.717) is 41.4 Å². The lowest BCUT2D eigenvalue weighted by atomic mass is 9.49. The Hall–Kier alpha value is -0.420. The number of hydrogen-bond donors (Lipinski definition) is 3. The summed E-state index contributed by atoms with van der Waals surface area (Å²) in [6, 6.07) is 0.927.